The highest BCUT2D eigenvalue weighted by molar-refractivity contribution is 7.80. The number of hydrogen-bond donors (Lipinski definition) is 4. The monoisotopic (exact) mass is 266 g/mol. The predicted octanol–water partition coefficient (Wildman–Crippen LogP) is -0.535. The lowest BCUT2D eigenvalue weighted by Crippen LogP contribution is -2.82. The highest BCUT2D eigenvalue weighted by Crippen LogP contribution is 2.27. The van der Waals surface area contributed by atoms with Gasteiger partial charge in [-0.2, -0.15) is 0 Å². The molecule has 0 aliphatic carbocycles. The average Bonchev–Trinajstić information content (AvgIpc) is 2.38. The van der Waals surface area contributed by atoms with Crippen LogP contribution in [0.25, 0.3) is 0 Å². The Morgan fingerprint density at radius 1 is 1.61 bits per heavy atom. The summed E-state index contributed by atoms with van der Waals surface area (Å²) in [5.74, 6) is 0.483. The minimum Gasteiger partial charge on any atom is -0.504 e. The fourth-order valence-corrected chi connectivity index (χ4v) is 1.35. The summed E-state index contributed by atoms with van der Waals surface area (Å²) in [6, 6.07) is 5.20. The second-order valence-corrected chi connectivity index (χ2v) is 3.72. The maximum absolute atomic E-state index is 9.81. The van der Waals surface area contributed by atoms with E-state index >= 15 is 0 Å². The summed E-state index contributed by atoms with van der Waals surface area (Å²) in [4.78, 5) is 0. The number of phenols is 1. The minimum absolute atomic E-state index is 0.0688. The number of aromatic hydroxyl groups is 1. The zero-order valence-corrected chi connectivity index (χ0v) is 10.9. The van der Waals surface area contributed by atoms with E-state index in [-0.39, 0.29) is 5.75 Å². The summed E-state index contributed by atoms with van der Waals surface area (Å²) in [5.41, 5.74) is 3.34. The summed E-state index contributed by atoms with van der Waals surface area (Å²) in [7, 11) is 1.50. The van der Waals surface area contributed by atoms with Gasteiger partial charge in [0, 0.05) is 6.54 Å². The van der Waals surface area contributed by atoms with E-state index in [9.17, 15) is 5.11 Å². The first kappa shape index (κ1) is 14.0. The van der Waals surface area contributed by atoms with Crippen LogP contribution in [-0.4, -0.2) is 30.1 Å². The van der Waals surface area contributed by atoms with Crippen LogP contribution in [0.5, 0.6) is 11.5 Å². The van der Waals surface area contributed by atoms with E-state index in [4.69, 9.17) is 17.0 Å². The lowest BCUT2D eigenvalue weighted by Gasteiger charge is -2.03. The number of thiocarbonyl (C=S) groups is 1. The van der Waals surface area contributed by atoms with Crippen molar-refractivity contribution in [3.8, 4) is 11.5 Å². The molecule has 0 saturated heterocycles. The number of hydrazone groups is 1. The first-order valence-electron chi connectivity index (χ1n) is 5.28. The Morgan fingerprint density at radius 2 is 2.39 bits per heavy atom. The SMILES string of the molecule is C=CCNC(=S)N[NH+]=Cc1cccc(OC)c1O. The third kappa shape index (κ3) is 4.06. The Hall–Kier alpha value is -2.08. The number of nitrogens with one attached hydrogen (secondary N) is 3. The molecule has 0 spiro atoms. The molecule has 18 heavy (non-hydrogen) atoms. The molecule has 0 radical (unpaired) electrons. The van der Waals surface area contributed by atoms with Gasteiger partial charge in [-0.25, -0.2) is 0 Å². The smallest absolute Gasteiger partial charge is 0.224 e. The lowest BCUT2D eigenvalue weighted by atomic mass is 10.2. The van der Waals surface area contributed by atoms with Gasteiger partial charge < -0.3 is 15.2 Å². The van der Waals surface area contributed by atoms with Crippen molar-refractivity contribution in [3.63, 3.8) is 0 Å². The van der Waals surface area contributed by atoms with E-state index < -0.39 is 0 Å². The van der Waals surface area contributed by atoms with Crippen LogP contribution in [0.2, 0.25) is 0 Å². The first-order valence-corrected chi connectivity index (χ1v) is 5.69. The van der Waals surface area contributed by atoms with E-state index in [0.717, 1.165) is 0 Å². The molecule has 0 aliphatic heterocycles. The molecule has 0 heterocycles. The van der Waals surface area contributed by atoms with Gasteiger partial charge in [0.2, 0.25) is 11.3 Å². The Balaban J connectivity index is 2.62. The van der Waals surface area contributed by atoms with Gasteiger partial charge in [-0.3, -0.25) is 0 Å². The van der Waals surface area contributed by atoms with Gasteiger partial charge in [-0.15, -0.1) is 17.1 Å². The van der Waals surface area contributed by atoms with Gasteiger partial charge >= 0.3 is 0 Å². The van der Waals surface area contributed by atoms with Gasteiger partial charge in [-0.05, 0) is 24.4 Å². The Kier molecular flexibility index (Phi) is 5.66. The summed E-state index contributed by atoms with van der Waals surface area (Å²) in [6.07, 6.45) is 3.28. The fraction of sp³-hybridized carbons (Fsp3) is 0.167. The molecule has 0 aliphatic rings. The topological polar surface area (TPSA) is 67.5 Å². The van der Waals surface area contributed by atoms with Gasteiger partial charge in [0.15, 0.2) is 11.5 Å². The molecule has 1 aromatic rings. The highest BCUT2D eigenvalue weighted by Gasteiger charge is 2.07. The first-order chi connectivity index (χ1) is 8.69. The summed E-state index contributed by atoms with van der Waals surface area (Å²) in [5, 5.41) is 15.9. The number of hydrazine groups is 1. The quantitative estimate of drug-likeness (QED) is 0.250. The molecule has 96 valence electrons. The van der Waals surface area contributed by atoms with Crippen LogP contribution >= 0.6 is 12.2 Å². The molecule has 0 atom stereocenters. The third-order valence-electron chi connectivity index (χ3n) is 2.07. The van der Waals surface area contributed by atoms with E-state index in [1.165, 1.54) is 7.11 Å². The molecule has 6 heteroatoms. The molecule has 0 saturated carbocycles. The standard InChI is InChI=1S/C12H15N3O2S/c1-3-7-13-12(18)15-14-8-9-5-4-6-10(17-2)11(9)16/h3-6,8,16H,1,7H2,2H3,(H2,13,15,18)/p+1. The number of para-hydroxylation sites is 1. The maximum Gasteiger partial charge on any atom is 0.224 e. The number of rotatable bonds is 5. The number of benzene rings is 1. The zero-order chi connectivity index (χ0) is 13.4. The number of ether oxygens (including phenoxy) is 1. The number of hydrogen-bond acceptors (Lipinski definition) is 3. The van der Waals surface area contributed by atoms with Gasteiger partial charge in [-0.1, -0.05) is 12.1 Å². The van der Waals surface area contributed by atoms with Crippen LogP contribution < -0.4 is 20.6 Å². The van der Waals surface area contributed by atoms with Crippen LogP contribution in [0.3, 0.4) is 0 Å². The van der Waals surface area contributed by atoms with Crippen LogP contribution in [0.1, 0.15) is 5.56 Å². The van der Waals surface area contributed by atoms with Gasteiger partial charge in [0.25, 0.3) is 0 Å². The largest absolute Gasteiger partial charge is 0.504 e. The van der Waals surface area contributed by atoms with Crippen molar-refractivity contribution >= 4 is 23.5 Å². The van der Waals surface area contributed by atoms with Crippen LogP contribution in [0.15, 0.2) is 30.9 Å². The molecule has 0 bridgehead atoms. The molecule has 4 N–H and O–H groups in total. The van der Waals surface area contributed by atoms with Gasteiger partial charge in [0.1, 0.15) is 0 Å². The van der Waals surface area contributed by atoms with E-state index in [1.807, 2.05) is 0 Å². The van der Waals surface area contributed by atoms with Crippen molar-refractivity contribution in [2.45, 2.75) is 0 Å². The van der Waals surface area contributed by atoms with Gasteiger partial charge in [0.05, 0.1) is 12.7 Å². The lowest BCUT2D eigenvalue weighted by molar-refractivity contribution is -0.500. The highest BCUT2D eigenvalue weighted by atomic mass is 32.1. The molecule has 0 aromatic heterocycles. The minimum atomic E-state index is 0.0688. The molecule has 0 amide bonds. The normalized spacial score (nSPS) is 10.1. The van der Waals surface area contributed by atoms with Crippen molar-refractivity contribution in [2.75, 3.05) is 13.7 Å². The Morgan fingerprint density at radius 3 is 3.06 bits per heavy atom. The number of methoxy groups -OCH3 is 1. The van der Waals surface area contributed by atoms with Crippen LogP contribution in [-0.2, 0) is 0 Å². The maximum atomic E-state index is 9.81. The van der Waals surface area contributed by atoms with Crippen LogP contribution in [0, 0.1) is 0 Å². The van der Waals surface area contributed by atoms with Crippen molar-refractivity contribution in [1.82, 2.24) is 10.7 Å². The molecule has 0 fully saturated rings. The van der Waals surface area contributed by atoms with Crippen molar-refractivity contribution < 1.29 is 14.9 Å². The number of phenolic OH excluding ortho intramolecular Hbond substituents is 1. The average molecular weight is 266 g/mol. The predicted molar refractivity (Wildman–Crippen MR) is 74.7 cm³/mol. The van der Waals surface area contributed by atoms with E-state index in [2.05, 4.69) is 22.4 Å². The second-order valence-electron chi connectivity index (χ2n) is 3.31. The van der Waals surface area contributed by atoms with Crippen molar-refractivity contribution in [3.05, 3.63) is 36.4 Å². The Bertz CT molecular complexity index is 461. The molecule has 1 rings (SSSR count). The van der Waals surface area contributed by atoms with E-state index in [1.54, 1.807) is 30.5 Å². The summed E-state index contributed by atoms with van der Waals surface area (Å²) >= 11 is 4.98. The Labute approximate surface area is 111 Å². The second kappa shape index (κ2) is 7.29. The molecule has 5 nitrogen and oxygen atoms in total. The third-order valence-corrected chi connectivity index (χ3v) is 2.32. The molecular formula is C12H16N3O2S+. The summed E-state index contributed by atoms with van der Waals surface area (Å²) < 4.78 is 5.00. The van der Waals surface area contributed by atoms with Crippen molar-refractivity contribution in [1.29, 1.82) is 0 Å². The molecule has 0 unspecified atom stereocenters. The van der Waals surface area contributed by atoms with Crippen LogP contribution in [0.4, 0.5) is 0 Å². The summed E-state index contributed by atoms with van der Waals surface area (Å²) in [6.45, 7) is 4.15. The molecular weight excluding hydrogens is 250 g/mol. The van der Waals surface area contributed by atoms with E-state index in [0.29, 0.717) is 23.0 Å². The van der Waals surface area contributed by atoms with Crippen molar-refractivity contribution in [2.24, 2.45) is 0 Å². The zero-order valence-electron chi connectivity index (χ0n) is 10.1. The fourth-order valence-electron chi connectivity index (χ4n) is 1.21. The molecule has 1 aromatic carbocycles.